The van der Waals surface area contributed by atoms with E-state index in [0.29, 0.717) is 28.7 Å². The minimum Gasteiger partial charge on any atom is -0.354 e. The zero-order chi connectivity index (χ0) is 31.6. The molecule has 0 fully saturated rings. The number of carbonyl (C=O) groups excluding carboxylic acids is 2. The number of rotatable bonds is 15. The minimum absolute atomic E-state index is 0.0473. The van der Waals surface area contributed by atoms with Crippen molar-refractivity contribution >= 4 is 50.7 Å². The molecular formula is C33H41Cl2N3O4S. The molecule has 0 saturated heterocycles. The Morgan fingerprint density at radius 1 is 0.884 bits per heavy atom. The Labute approximate surface area is 266 Å². The van der Waals surface area contributed by atoms with Gasteiger partial charge in [0.2, 0.25) is 21.8 Å². The highest BCUT2D eigenvalue weighted by Crippen LogP contribution is 2.25. The number of nitrogens with one attached hydrogen (secondary N) is 1. The van der Waals surface area contributed by atoms with Gasteiger partial charge in [-0.3, -0.25) is 13.9 Å². The molecular weight excluding hydrogens is 605 g/mol. The number of hydrogen-bond acceptors (Lipinski definition) is 4. The van der Waals surface area contributed by atoms with Gasteiger partial charge in [-0.2, -0.15) is 0 Å². The molecule has 3 aromatic rings. The van der Waals surface area contributed by atoms with E-state index < -0.39 is 16.1 Å². The molecule has 0 bridgehead atoms. The van der Waals surface area contributed by atoms with E-state index in [9.17, 15) is 18.0 Å². The van der Waals surface area contributed by atoms with Crippen LogP contribution in [0.25, 0.3) is 0 Å². The fourth-order valence-electron chi connectivity index (χ4n) is 4.78. The van der Waals surface area contributed by atoms with Gasteiger partial charge in [-0.25, -0.2) is 8.42 Å². The zero-order valence-electron chi connectivity index (χ0n) is 25.3. The summed E-state index contributed by atoms with van der Waals surface area (Å²) in [7, 11) is -3.59. The summed E-state index contributed by atoms with van der Waals surface area (Å²) in [6.45, 7) is 6.72. The third kappa shape index (κ3) is 10.3. The van der Waals surface area contributed by atoms with Crippen molar-refractivity contribution in [2.24, 2.45) is 0 Å². The second-order valence-electron chi connectivity index (χ2n) is 10.8. The molecule has 1 atom stereocenters. The summed E-state index contributed by atoms with van der Waals surface area (Å²) < 4.78 is 26.8. The molecule has 0 aliphatic rings. The van der Waals surface area contributed by atoms with Crippen molar-refractivity contribution in [3.8, 4) is 0 Å². The van der Waals surface area contributed by atoms with Gasteiger partial charge in [0.25, 0.3) is 0 Å². The molecule has 0 heterocycles. The molecule has 0 radical (unpaired) electrons. The highest BCUT2D eigenvalue weighted by Gasteiger charge is 2.30. The van der Waals surface area contributed by atoms with Crippen molar-refractivity contribution in [3.63, 3.8) is 0 Å². The lowest BCUT2D eigenvalue weighted by Crippen LogP contribution is -2.50. The molecule has 7 nitrogen and oxygen atoms in total. The van der Waals surface area contributed by atoms with Crippen LogP contribution in [-0.4, -0.2) is 50.5 Å². The fourth-order valence-corrected chi connectivity index (χ4v) is 6.06. The second kappa shape index (κ2) is 16.1. The van der Waals surface area contributed by atoms with Crippen molar-refractivity contribution in [1.29, 1.82) is 0 Å². The summed E-state index contributed by atoms with van der Waals surface area (Å²) in [5.41, 5.74) is 4.25. The van der Waals surface area contributed by atoms with Gasteiger partial charge in [0.1, 0.15) is 6.04 Å². The number of amides is 2. The van der Waals surface area contributed by atoms with E-state index in [1.165, 1.54) is 4.31 Å². The first-order valence-electron chi connectivity index (χ1n) is 14.5. The van der Waals surface area contributed by atoms with Gasteiger partial charge in [0, 0.05) is 32.5 Å². The number of unbranched alkanes of at least 4 members (excludes halogenated alkanes) is 1. The lowest BCUT2D eigenvalue weighted by atomic mass is 10.0. The van der Waals surface area contributed by atoms with Crippen LogP contribution in [-0.2, 0) is 32.6 Å². The Morgan fingerprint density at radius 2 is 1.60 bits per heavy atom. The second-order valence-corrected chi connectivity index (χ2v) is 13.5. The third-order valence-electron chi connectivity index (χ3n) is 7.37. The number of sulfonamides is 1. The lowest BCUT2D eigenvalue weighted by molar-refractivity contribution is -0.141. The largest absolute Gasteiger partial charge is 0.354 e. The molecule has 2 amide bonds. The van der Waals surface area contributed by atoms with Crippen LogP contribution in [0.3, 0.4) is 0 Å². The molecule has 3 rings (SSSR count). The number of anilines is 1. The molecule has 0 spiro atoms. The van der Waals surface area contributed by atoms with Crippen molar-refractivity contribution in [2.75, 3.05) is 23.7 Å². The summed E-state index contributed by atoms with van der Waals surface area (Å²) in [4.78, 5) is 29.1. The van der Waals surface area contributed by atoms with Crippen LogP contribution in [0.2, 0.25) is 10.0 Å². The van der Waals surface area contributed by atoms with Gasteiger partial charge in [-0.15, -0.1) is 0 Å². The maximum atomic E-state index is 14.0. The Kier molecular flexibility index (Phi) is 12.9. The van der Waals surface area contributed by atoms with E-state index in [2.05, 4.69) is 5.32 Å². The Bertz CT molecular complexity index is 1500. The lowest BCUT2D eigenvalue weighted by Gasteiger charge is -2.32. The van der Waals surface area contributed by atoms with E-state index in [4.69, 9.17) is 23.2 Å². The molecule has 0 aliphatic carbocycles. The monoisotopic (exact) mass is 645 g/mol. The molecule has 3 aromatic carbocycles. The normalized spacial score (nSPS) is 12.0. The average Bonchev–Trinajstić information content (AvgIpc) is 2.96. The number of aryl methyl sites for hydroxylation is 2. The van der Waals surface area contributed by atoms with Gasteiger partial charge in [-0.1, -0.05) is 79.0 Å². The quantitative estimate of drug-likeness (QED) is 0.186. The van der Waals surface area contributed by atoms with Crippen LogP contribution in [0.5, 0.6) is 0 Å². The first-order chi connectivity index (χ1) is 20.4. The number of hydrogen-bond donors (Lipinski definition) is 1. The number of benzene rings is 3. The summed E-state index contributed by atoms with van der Waals surface area (Å²) in [5, 5.41) is 3.76. The standard InChI is InChI=1S/C33H41Cl2N3O4S/c1-5-6-18-36-33(40)31(22-26-11-8-7-9-12-26)37(23-27-15-17-29(34)30(35)21-27)32(39)13-10-19-38(43(4,41)42)28-16-14-24(2)25(3)20-28/h7-9,11-12,14-17,20-21,31H,5-6,10,13,18-19,22-23H2,1-4H3,(H,36,40). The van der Waals surface area contributed by atoms with Crippen molar-refractivity contribution in [1.82, 2.24) is 10.2 Å². The minimum atomic E-state index is -3.59. The molecule has 1 unspecified atom stereocenters. The van der Waals surface area contributed by atoms with Gasteiger partial charge >= 0.3 is 0 Å². The molecule has 0 aliphatic heterocycles. The van der Waals surface area contributed by atoms with Gasteiger partial charge in [-0.05, 0) is 73.2 Å². The van der Waals surface area contributed by atoms with Crippen molar-refractivity contribution in [3.05, 3.63) is 99.0 Å². The fraction of sp³-hybridized carbons (Fsp3) is 0.394. The predicted molar refractivity (Wildman–Crippen MR) is 176 cm³/mol. The predicted octanol–water partition coefficient (Wildman–Crippen LogP) is 6.71. The molecule has 0 aromatic heterocycles. The Hall–Kier alpha value is -3.07. The highest BCUT2D eigenvalue weighted by atomic mass is 35.5. The molecule has 10 heteroatoms. The average molecular weight is 647 g/mol. The number of nitrogens with zero attached hydrogens (tertiary/aromatic N) is 2. The highest BCUT2D eigenvalue weighted by molar-refractivity contribution is 7.92. The molecule has 43 heavy (non-hydrogen) atoms. The summed E-state index contributed by atoms with van der Waals surface area (Å²) in [5.74, 6) is -0.496. The summed E-state index contributed by atoms with van der Waals surface area (Å²) in [6, 6.07) is 19.4. The topological polar surface area (TPSA) is 86.8 Å². The number of carbonyl (C=O) groups is 2. The van der Waals surface area contributed by atoms with Crippen LogP contribution >= 0.6 is 23.2 Å². The van der Waals surface area contributed by atoms with Crippen LogP contribution in [0.4, 0.5) is 5.69 Å². The maximum Gasteiger partial charge on any atom is 0.243 e. The van der Waals surface area contributed by atoms with E-state index >= 15 is 0 Å². The summed E-state index contributed by atoms with van der Waals surface area (Å²) in [6.07, 6.45) is 3.55. The first-order valence-corrected chi connectivity index (χ1v) is 17.1. The van der Waals surface area contributed by atoms with Gasteiger partial charge < -0.3 is 10.2 Å². The Morgan fingerprint density at radius 3 is 2.23 bits per heavy atom. The smallest absolute Gasteiger partial charge is 0.243 e. The van der Waals surface area contributed by atoms with E-state index in [1.54, 1.807) is 29.2 Å². The summed E-state index contributed by atoms with van der Waals surface area (Å²) >= 11 is 12.4. The third-order valence-corrected chi connectivity index (χ3v) is 9.30. The molecule has 1 N–H and O–H groups in total. The molecule has 232 valence electrons. The van der Waals surface area contributed by atoms with Gasteiger partial charge in [0.05, 0.1) is 22.0 Å². The van der Waals surface area contributed by atoms with E-state index in [-0.39, 0.29) is 37.7 Å². The van der Waals surface area contributed by atoms with Crippen molar-refractivity contribution < 1.29 is 18.0 Å². The zero-order valence-corrected chi connectivity index (χ0v) is 27.6. The van der Waals surface area contributed by atoms with E-state index in [0.717, 1.165) is 41.4 Å². The van der Waals surface area contributed by atoms with E-state index in [1.807, 2.05) is 63.2 Å². The first kappa shape index (κ1) is 34.4. The van der Waals surface area contributed by atoms with Crippen LogP contribution in [0.15, 0.2) is 66.7 Å². The van der Waals surface area contributed by atoms with Crippen LogP contribution < -0.4 is 9.62 Å². The van der Waals surface area contributed by atoms with Crippen molar-refractivity contribution in [2.45, 2.75) is 65.5 Å². The Balaban J connectivity index is 1.90. The molecule has 0 saturated carbocycles. The van der Waals surface area contributed by atoms with Crippen LogP contribution in [0, 0.1) is 13.8 Å². The van der Waals surface area contributed by atoms with Crippen LogP contribution in [0.1, 0.15) is 54.9 Å². The maximum absolute atomic E-state index is 14.0. The number of halogens is 2. The van der Waals surface area contributed by atoms with Gasteiger partial charge in [0.15, 0.2) is 0 Å². The SMILES string of the molecule is CCCCNC(=O)C(Cc1ccccc1)N(Cc1ccc(Cl)c(Cl)c1)C(=O)CCCN(c1ccc(C)c(C)c1)S(C)(=O)=O.